The number of benzene rings is 2. The first-order chi connectivity index (χ1) is 16.8. The molecule has 0 saturated carbocycles. The van der Waals surface area contributed by atoms with Crippen molar-refractivity contribution in [3.8, 4) is 11.1 Å². The molecule has 1 heterocycles. The quantitative estimate of drug-likeness (QED) is 0.568. The molecule has 0 bridgehead atoms. The van der Waals surface area contributed by atoms with Crippen LogP contribution in [-0.2, 0) is 14.3 Å². The molecule has 0 aromatic heterocycles. The molecule has 1 fully saturated rings. The van der Waals surface area contributed by atoms with E-state index in [1.54, 1.807) is 6.92 Å². The Morgan fingerprint density at radius 2 is 1.69 bits per heavy atom. The van der Waals surface area contributed by atoms with Gasteiger partial charge in [0.1, 0.15) is 18.2 Å². The van der Waals surface area contributed by atoms with Crippen LogP contribution in [0.2, 0.25) is 0 Å². The normalized spacial score (nSPS) is 19.8. The van der Waals surface area contributed by atoms with Crippen LogP contribution in [0.15, 0.2) is 48.5 Å². The standard InChI is InChI=1S/C28H34N2O5/c1-4-28(26(32)33)14-9-15-30(28)25(31)24(16-18(2)3)29-27(34)35-17-23-21-12-7-5-10-19(21)20-11-6-8-13-22(20)23/h5-8,10-13,18,23-24H,4,9,14-17H2,1-3H3,(H,29,34)(H,32,33)/t24-,28?/m1/s1. The number of aliphatic carboxylic acids is 1. The highest BCUT2D eigenvalue weighted by Crippen LogP contribution is 2.44. The summed E-state index contributed by atoms with van der Waals surface area (Å²) in [4.78, 5) is 39.9. The number of carboxylic acid groups (broad SMARTS) is 1. The molecule has 2 aromatic rings. The maximum absolute atomic E-state index is 13.5. The van der Waals surface area contributed by atoms with Crippen LogP contribution in [0.5, 0.6) is 0 Å². The number of alkyl carbamates (subject to hydrolysis) is 1. The van der Waals surface area contributed by atoms with Gasteiger partial charge in [-0.1, -0.05) is 69.3 Å². The highest BCUT2D eigenvalue weighted by molar-refractivity contribution is 5.92. The maximum Gasteiger partial charge on any atom is 0.407 e. The number of rotatable bonds is 8. The molecular formula is C28H34N2O5. The predicted octanol–water partition coefficient (Wildman–Crippen LogP) is 4.80. The fourth-order valence-corrected chi connectivity index (χ4v) is 5.60. The van der Waals surface area contributed by atoms with Gasteiger partial charge >= 0.3 is 12.1 Å². The van der Waals surface area contributed by atoms with Gasteiger partial charge in [-0.05, 0) is 53.9 Å². The minimum atomic E-state index is -1.21. The smallest absolute Gasteiger partial charge is 0.407 e. The Hall–Kier alpha value is -3.35. The van der Waals surface area contributed by atoms with Crippen molar-refractivity contribution in [2.75, 3.05) is 13.2 Å². The van der Waals surface area contributed by atoms with Crippen molar-refractivity contribution in [3.63, 3.8) is 0 Å². The molecule has 7 nitrogen and oxygen atoms in total. The highest BCUT2D eigenvalue weighted by Gasteiger charge is 2.50. The Labute approximate surface area is 206 Å². The van der Waals surface area contributed by atoms with Crippen LogP contribution in [0, 0.1) is 5.92 Å². The van der Waals surface area contributed by atoms with Crippen molar-refractivity contribution >= 4 is 18.0 Å². The number of carbonyl (C=O) groups excluding carboxylic acids is 2. The van der Waals surface area contributed by atoms with Crippen LogP contribution in [0.3, 0.4) is 0 Å². The topological polar surface area (TPSA) is 95.9 Å². The maximum atomic E-state index is 13.5. The molecule has 0 spiro atoms. The van der Waals surface area contributed by atoms with E-state index in [0.717, 1.165) is 22.3 Å². The summed E-state index contributed by atoms with van der Waals surface area (Å²) >= 11 is 0. The molecule has 4 rings (SSSR count). The van der Waals surface area contributed by atoms with Crippen molar-refractivity contribution in [1.82, 2.24) is 10.2 Å². The van der Waals surface area contributed by atoms with Gasteiger partial charge in [-0.25, -0.2) is 9.59 Å². The molecule has 7 heteroatoms. The third-order valence-electron chi connectivity index (χ3n) is 7.38. The zero-order chi connectivity index (χ0) is 25.2. The van der Waals surface area contributed by atoms with Crippen LogP contribution >= 0.6 is 0 Å². The number of carbonyl (C=O) groups is 3. The van der Waals surface area contributed by atoms with Crippen LogP contribution in [0.4, 0.5) is 4.79 Å². The Kier molecular flexibility index (Phi) is 7.15. The molecule has 1 aliphatic carbocycles. The molecular weight excluding hydrogens is 444 g/mol. The van der Waals surface area contributed by atoms with Crippen LogP contribution in [0.1, 0.15) is 63.5 Å². The van der Waals surface area contributed by atoms with Gasteiger partial charge in [0.05, 0.1) is 0 Å². The van der Waals surface area contributed by atoms with E-state index >= 15 is 0 Å². The lowest BCUT2D eigenvalue weighted by Gasteiger charge is -2.36. The number of amides is 2. The molecule has 1 aliphatic heterocycles. The van der Waals surface area contributed by atoms with E-state index in [0.29, 0.717) is 32.2 Å². The van der Waals surface area contributed by atoms with E-state index in [1.165, 1.54) is 4.90 Å². The van der Waals surface area contributed by atoms with E-state index in [2.05, 4.69) is 29.6 Å². The van der Waals surface area contributed by atoms with Gasteiger partial charge in [-0.3, -0.25) is 4.79 Å². The number of fused-ring (bicyclic) bond motifs is 3. The molecule has 2 aromatic carbocycles. The van der Waals surface area contributed by atoms with Gasteiger partial charge < -0.3 is 20.1 Å². The SMILES string of the molecule is CCC1(C(=O)O)CCCN1C(=O)[C@@H](CC(C)C)NC(=O)OCC1c2ccccc2-c2ccccc21. The van der Waals surface area contributed by atoms with E-state index in [4.69, 9.17) is 4.74 Å². The average molecular weight is 479 g/mol. The van der Waals surface area contributed by atoms with Crippen molar-refractivity contribution in [2.24, 2.45) is 5.92 Å². The lowest BCUT2D eigenvalue weighted by molar-refractivity contribution is -0.157. The fourth-order valence-electron chi connectivity index (χ4n) is 5.60. The summed E-state index contributed by atoms with van der Waals surface area (Å²) in [6.07, 6.45) is 1.11. The van der Waals surface area contributed by atoms with Crippen LogP contribution in [0.25, 0.3) is 11.1 Å². The summed E-state index contributed by atoms with van der Waals surface area (Å²) in [6, 6.07) is 15.4. The largest absolute Gasteiger partial charge is 0.479 e. The second-order valence-corrected chi connectivity index (χ2v) is 9.94. The predicted molar refractivity (Wildman–Crippen MR) is 133 cm³/mol. The number of ether oxygens (including phenoxy) is 1. The highest BCUT2D eigenvalue weighted by atomic mass is 16.5. The van der Waals surface area contributed by atoms with Crippen molar-refractivity contribution in [2.45, 2.75) is 64.0 Å². The fraction of sp³-hybridized carbons (Fsp3) is 0.464. The van der Waals surface area contributed by atoms with Crippen LogP contribution in [-0.4, -0.2) is 52.7 Å². The molecule has 2 atom stereocenters. The molecule has 186 valence electrons. The van der Waals surface area contributed by atoms with E-state index in [9.17, 15) is 19.5 Å². The van der Waals surface area contributed by atoms with Gasteiger partial charge in [0, 0.05) is 12.5 Å². The van der Waals surface area contributed by atoms with E-state index < -0.39 is 23.6 Å². The van der Waals surface area contributed by atoms with Gasteiger partial charge in [0.2, 0.25) is 5.91 Å². The van der Waals surface area contributed by atoms with Crippen molar-refractivity contribution in [3.05, 3.63) is 59.7 Å². The second kappa shape index (κ2) is 10.1. The third-order valence-corrected chi connectivity index (χ3v) is 7.38. The summed E-state index contributed by atoms with van der Waals surface area (Å²) in [5.41, 5.74) is 3.30. The van der Waals surface area contributed by atoms with E-state index in [1.807, 2.05) is 38.1 Å². The summed E-state index contributed by atoms with van der Waals surface area (Å²) in [7, 11) is 0. The van der Waals surface area contributed by atoms with Gasteiger partial charge in [-0.2, -0.15) is 0 Å². The number of nitrogens with zero attached hydrogens (tertiary/aromatic N) is 1. The molecule has 2 N–H and O–H groups in total. The molecule has 1 saturated heterocycles. The lowest BCUT2D eigenvalue weighted by Crippen LogP contribution is -2.58. The minimum Gasteiger partial charge on any atom is -0.479 e. The first-order valence-corrected chi connectivity index (χ1v) is 12.4. The summed E-state index contributed by atoms with van der Waals surface area (Å²) in [6.45, 7) is 6.25. The summed E-state index contributed by atoms with van der Waals surface area (Å²) in [5.74, 6) is -1.30. The van der Waals surface area contributed by atoms with E-state index in [-0.39, 0.29) is 24.3 Å². The number of nitrogens with one attached hydrogen (secondary N) is 1. The van der Waals surface area contributed by atoms with Crippen molar-refractivity contribution < 1.29 is 24.2 Å². The van der Waals surface area contributed by atoms with Crippen LogP contribution < -0.4 is 5.32 Å². The molecule has 1 unspecified atom stereocenters. The first-order valence-electron chi connectivity index (χ1n) is 12.4. The Balaban J connectivity index is 1.47. The van der Waals surface area contributed by atoms with Gasteiger partial charge in [0.15, 0.2) is 0 Å². The number of hydrogen-bond acceptors (Lipinski definition) is 4. The zero-order valence-corrected chi connectivity index (χ0v) is 20.6. The number of likely N-dealkylation sites (tertiary alicyclic amines) is 1. The molecule has 2 amide bonds. The number of hydrogen-bond donors (Lipinski definition) is 2. The molecule has 0 radical (unpaired) electrons. The molecule has 35 heavy (non-hydrogen) atoms. The average Bonchev–Trinajstić information content (AvgIpc) is 3.42. The Bertz CT molecular complexity index is 1070. The number of carboxylic acids is 1. The van der Waals surface area contributed by atoms with Gasteiger partial charge in [-0.15, -0.1) is 0 Å². The van der Waals surface area contributed by atoms with Crippen molar-refractivity contribution in [1.29, 1.82) is 0 Å². The molecule has 2 aliphatic rings. The first kappa shape index (κ1) is 24.8. The summed E-state index contributed by atoms with van der Waals surface area (Å²) < 4.78 is 5.65. The zero-order valence-electron chi connectivity index (χ0n) is 20.6. The summed E-state index contributed by atoms with van der Waals surface area (Å²) in [5, 5.41) is 12.6. The second-order valence-electron chi connectivity index (χ2n) is 9.94. The Morgan fingerprint density at radius 3 is 2.23 bits per heavy atom. The Morgan fingerprint density at radius 1 is 1.09 bits per heavy atom. The minimum absolute atomic E-state index is 0.0780. The lowest BCUT2D eigenvalue weighted by atomic mass is 9.91. The van der Waals surface area contributed by atoms with Gasteiger partial charge in [0.25, 0.3) is 0 Å². The third kappa shape index (κ3) is 4.64. The monoisotopic (exact) mass is 478 g/mol.